The number of likely N-dealkylation sites (tertiary alicyclic amines) is 1. The fraction of sp³-hybridized carbons (Fsp3) is 0.571. The van der Waals surface area contributed by atoms with Crippen molar-refractivity contribution in [2.45, 2.75) is 64.2 Å². The molecule has 1 aliphatic rings. The van der Waals surface area contributed by atoms with Gasteiger partial charge < -0.3 is 10.2 Å². The second-order valence-corrected chi connectivity index (χ2v) is 7.68. The first-order chi connectivity index (χ1) is 14.7. The van der Waals surface area contributed by atoms with Crippen molar-refractivity contribution >= 4 is 17.7 Å². The summed E-state index contributed by atoms with van der Waals surface area (Å²) in [5.74, 6) is -1.97. The fourth-order valence-corrected chi connectivity index (χ4v) is 3.69. The number of hydrogen-bond acceptors (Lipinski definition) is 4. The van der Waals surface area contributed by atoms with Gasteiger partial charge in [0.2, 0.25) is 17.7 Å². The maximum absolute atomic E-state index is 13.0. The third-order valence-corrected chi connectivity index (χ3v) is 5.40. The van der Waals surface area contributed by atoms with Crippen LogP contribution in [0.2, 0.25) is 0 Å². The van der Waals surface area contributed by atoms with Gasteiger partial charge in [0.15, 0.2) is 0 Å². The number of alkyl halides is 3. The Hall–Kier alpha value is -2.62. The molecule has 1 heterocycles. The molecule has 0 radical (unpaired) electrons. The molecular weight excluding hydrogens is 415 g/mol. The number of nitrogens with one attached hydrogen (secondary N) is 2. The lowest BCUT2D eigenvalue weighted by molar-refractivity contribution is -0.144. The lowest BCUT2D eigenvalue weighted by atomic mass is 9.96. The minimum Gasteiger partial charge on any atom is -0.350 e. The molecule has 1 fully saturated rings. The van der Waals surface area contributed by atoms with Crippen LogP contribution in [-0.4, -0.2) is 40.4 Å². The number of amides is 3. The van der Waals surface area contributed by atoms with Gasteiger partial charge in [-0.2, -0.15) is 13.2 Å². The van der Waals surface area contributed by atoms with Crippen molar-refractivity contribution in [3.63, 3.8) is 0 Å². The van der Waals surface area contributed by atoms with Crippen molar-refractivity contribution in [3.05, 3.63) is 35.4 Å². The van der Waals surface area contributed by atoms with E-state index in [9.17, 15) is 27.6 Å². The van der Waals surface area contributed by atoms with E-state index in [0.717, 1.165) is 25.0 Å². The lowest BCUT2D eigenvalue weighted by Gasteiger charge is -2.28. The number of nitrogens with zero attached hydrogens (tertiary/aromatic N) is 1. The van der Waals surface area contributed by atoms with E-state index in [1.165, 1.54) is 17.0 Å². The molecule has 2 rings (SSSR count). The Kier molecular flexibility index (Phi) is 8.85. The predicted octanol–water partition coefficient (Wildman–Crippen LogP) is 3.01. The Labute approximate surface area is 178 Å². The molecule has 0 aliphatic carbocycles. The average molecular weight is 443 g/mol. The van der Waals surface area contributed by atoms with E-state index in [-0.39, 0.29) is 24.8 Å². The van der Waals surface area contributed by atoms with Crippen molar-refractivity contribution in [2.24, 2.45) is 5.92 Å². The van der Waals surface area contributed by atoms with Crippen molar-refractivity contribution in [3.8, 4) is 0 Å². The Bertz CT molecular complexity index is 768. The summed E-state index contributed by atoms with van der Waals surface area (Å²) < 4.78 is 38.0. The van der Waals surface area contributed by atoms with Crippen LogP contribution in [-0.2, 0) is 27.1 Å². The number of carbonyl (C=O) groups is 3. The molecule has 1 saturated heterocycles. The average Bonchev–Trinajstić information content (AvgIpc) is 3.24. The highest BCUT2D eigenvalue weighted by Gasteiger charge is 2.37. The van der Waals surface area contributed by atoms with Crippen molar-refractivity contribution < 1.29 is 32.8 Å². The molecule has 0 spiro atoms. The molecule has 0 bridgehead atoms. The largest absolute Gasteiger partial charge is 0.416 e. The topological polar surface area (TPSA) is 98.7 Å². The molecule has 1 aromatic rings. The first-order valence-corrected chi connectivity index (χ1v) is 10.3. The molecule has 0 saturated carbocycles. The van der Waals surface area contributed by atoms with Crippen molar-refractivity contribution in [1.29, 1.82) is 0 Å². The zero-order chi connectivity index (χ0) is 23.0. The summed E-state index contributed by atoms with van der Waals surface area (Å²) in [4.78, 5) is 38.7. The number of rotatable bonds is 9. The summed E-state index contributed by atoms with van der Waals surface area (Å²) in [5.41, 5.74) is 1.29. The van der Waals surface area contributed by atoms with Crippen LogP contribution in [0, 0.1) is 5.92 Å². The van der Waals surface area contributed by atoms with E-state index in [1.807, 2.05) is 6.92 Å². The molecule has 1 aromatic carbocycles. The quantitative estimate of drug-likeness (QED) is 0.404. The lowest BCUT2D eigenvalue weighted by Crippen LogP contribution is -2.48. The van der Waals surface area contributed by atoms with Crippen LogP contribution < -0.4 is 10.8 Å². The summed E-state index contributed by atoms with van der Waals surface area (Å²) in [7, 11) is 0. The highest BCUT2D eigenvalue weighted by Crippen LogP contribution is 2.29. The number of halogens is 3. The van der Waals surface area contributed by atoms with Crippen LogP contribution in [0.1, 0.15) is 56.6 Å². The molecule has 0 aromatic heterocycles. The SMILES string of the molecule is CCCC[C@H](CC(=O)NO)C(=O)N1CCCC1C(=O)NCc1ccc(C(F)(F)F)cc1. The summed E-state index contributed by atoms with van der Waals surface area (Å²) >= 11 is 0. The highest BCUT2D eigenvalue weighted by molar-refractivity contribution is 5.91. The zero-order valence-electron chi connectivity index (χ0n) is 17.4. The standard InChI is InChI=1S/C21H28F3N3O4/c1-2-3-5-15(12-18(28)26-31)20(30)27-11-4-6-17(27)19(29)25-13-14-7-9-16(10-8-14)21(22,23)24/h7-10,15,17,31H,2-6,11-13H2,1H3,(H,25,29)(H,26,28)/t15-,17?/m1/s1. The summed E-state index contributed by atoms with van der Waals surface area (Å²) in [6.45, 7) is 2.39. The zero-order valence-corrected chi connectivity index (χ0v) is 17.4. The van der Waals surface area contributed by atoms with Gasteiger partial charge in [-0.3, -0.25) is 19.6 Å². The van der Waals surface area contributed by atoms with Gasteiger partial charge >= 0.3 is 6.18 Å². The Morgan fingerprint density at radius 3 is 2.48 bits per heavy atom. The van der Waals surface area contributed by atoms with Crippen LogP contribution in [0.4, 0.5) is 13.2 Å². The van der Waals surface area contributed by atoms with E-state index in [2.05, 4.69) is 5.32 Å². The summed E-state index contributed by atoms with van der Waals surface area (Å²) in [6, 6.07) is 3.82. The maximum Gasteiger partial charge on any atom is 0.416 e. The van der Waals surface area contributed by atoms with Crippen LogP contribution >= 0.6 is 0 Å². The van der Waals surface area contributed by atoms with E-state index in [1.54, 1.807) is 5.48 Å². The van der Waals surface area contributed by atoms with Crippen LogP contribution in [0.5, 0.6) is 0 Å². The van der Waals surface area contributed by atoms with Gasteiger partial charge in [0, 0.05) is 25.4 Å². The number of hydroxylamine groups is 1. The van der Waals surface area contributed by atoms with Gasteiger partial charge in [-0.1, -0.05) is 31.9 Å². The maximum atomic E-state index is 13.0. The normalized spacial score (nSPS) is 17.3. The van der Waals surface area contributed by atoms with Gasteiger partial charge in [0.1, 0.15) is 6.04 Å². The number of carbonyl (C=O) groups excluding carboxylic acids is 3. The van der Waals surface area contributed by atoms with Crippen molar-refractivity contribution in [1.82, 2.24) is 15.7 Å². The Balaban J connectivity index is 1.99. The van der Waals surface area contributed by atoms with E-state index < -0.39 is 29.6 Å². The monoisotopic (exact) mass is 443 g/mol. The second kappa shape index (κ2) is 11.1. The minimum atomic E-state index is -4.42. The molecule has 10 heteroatoms. The molecule has 1 unspecified atom stereocenters. The molecule has 3 amide bonds. The molecular formula is C21H28F3N3O4. The molecule has 7 nitrogen and oxygen atoms in total. The third kappa shape index (κ3) is 6.95. The van der Waals surface area contributed by atoms with Crippen LogP contribution in [0.3, 0.4) is 0 Å². The van der Waals surface area contributed by atoms with E-state index in [4.69, 9.17) is 5.21 Å². The van der Waals surface area contributed by atoms with Crippen LogP contribution in [0.25, 0.3) is 0 Å². The molecule has 31 heavy (non-hydrogen) atoms. The highest BCUT2D eigenvalue weighted by atomic mass is 19.4. The Morgan fingerprint density at radius 2 is 1.90 bits per heavy atom. The van der Waals surface area contributed by atoms with Crippen LogP contribution in [0.15, 0.2) is 24.3 Å². The molecule has 172 valence electrons. The summed E-state index contributed by atoms with van der Waals surface area (Å²) in [6.07, 6.45) is -1.44. The minimum absolute atomic E-state index is 0.0433. The van der Waals surface area contributed by atoms with E-state index >= 15 is 0 Å². The molecule has 3 N–H and O–H groups in total. The van der Waals surface area contributed by atoms with Gasteiger partial charge in [0.25, 0.3) is 0 Å². The van der Waals surface area contributed by atoms with Gasteiger partial charge in [-0.15, -0.1) is 0 Å². The van der Waals surface area contributed by atoms with Crippen molar-refractivity contribution in [2.75, 3.05) is 6.54 Å². The Morgan fingerprint density at radius 1 is 1.23 bits per heavy atom. The first kappa shape index (κ1) is 24.6. The number of benzene rings is 1. The number of hydrogen-bond donors (Lipinski definition) is 3. The predicted molar refractivity (Wildman–Crippen MR) is 106 cm³/mol. The van der Waals surface area contributed by atoms with Gasteiger partial charge in [0.05, 0.1) is 5.56 Å². The van der Waals surface area contributed by atoms with Gasteiger partial charge in [-0.05, 0) is 37.0 Å². The number of unbranched alkanes of at least 4 members (excludes halogenated alkanes) is 1. The molecule has 1 aliphatic heterocycles. The van der Waals surface area contributed by atoms with E-state index in [0.29, 0.717) is 31.4 Å². The first-order valence-electron chi connectivity index (χ1n) is 10.3. The fourth-order valence-electron chi connectivity index (χ4n) is 3.69. The summed E-state index contributed by atoms with van der Waals surface area (Å²) in [5, 5.41) is 11.5. The third-order valence-electron chi connectivity index (χ3n) is 5.40. The second-order valence-electron chi connectivity index (χ2n) is 7.68. The molecule has 2 atom stereocenters. The smallest absolute Gasteiger partial charge is 0.350 e. The van der Waals surface area contributed by atoms with Gasteiger partial charge in [-0.25, -0.2) is 5.48 Å².